The number of benzene rings is 1. The van der Waals surface area contributed by atoms with E-state index in [1.54, 1.807) is 50.2 Å². The third-order valence-electron chi connectivity index (χ3n) is 8.10. The Morgan fingerprint density at radius 3 is 2.56 bits per heavy atom. The molecular formula is C32H44FN5O6S. The minimum absolute atomic E-state index is 0. The van der Waals surface area contributed by atoms with Gasteiger partial charge >= 0.3 is 5.69 Å². The summed E-state index contributed by atoms with van der Waals surface area (Å²) in [6.07, 6.45) is 8.68. The lowest BCUT2D eigenvalue weighted by Crippen LogP contribution is -2.57. The van der Waals surface area contributed by atoms with E-state index in [0.29, 0.717) is 38.7 Å². The Bertz CT molecular complexity index is 1730. The molecular weight excluding hydrogens is 601 g/mol. The number of nitrogens with zero attached hydrogens (tertiary/aromatic N) is 4. The lowest BCUT2D eigenvalue weighted by molar-refractivity contribution is -0.129. The summed E-state index contributed by atoms with van der Waals surface area (Å²) in [5.74, 6) is -0.269. The molecule has 0 saturated heterocycles. The lowest BCUT2D eigenvalue weighted by Gasteiger charge is -2.30. The minimum Gasteiger partial charge on any atom is -0.496 e. The standard InChI is InChI=1S/C29H34FN5O4S.C3H8O2.H2/c1-18-23-24(36)35(29(2,3)27(37)32-21-9-6-5-7-10-21)28(38)33(26(23)40-25(18)34-15-8-14-31-34)16-13-19-17-20(30)11-12-22(19)39-4;1-5-3-2-4;/h8,11-12,14-15,17,21H,5-7,9-10,13,16H2,1-4H3,(H,32,37);4H,2-3H2,1H3;1H. The summed E-state index contributed by atoms with van der Waals surface area (Å²) in [6, 6.07) is 6.06. The van der Waals surface area contributed by atoms with Crippen molar-refractivity contribution in [3.05, 3.63) is 74.4 Å². The molecule has 1 saturated carbocycles. The molecule has 3 heterocycles. The van der Waals surface area contributed by atoms with Crippen molar-refractivity contribution >= 4 is 27.5 Å². The van der Waals surface area contributed by atoms with E-state index >= 15 is 0 Å². The quantitative estimate of drug-likeness (QED) is 0.265. The second-order valence-corrected chi connectivity index (χ2v) is 12.5. The number of carbonyl (C=O) groups excluding carboxylic acids is 1. The molecule has 2 N–H and O–H groups in total. The van der Waals surface area contributed by atoms with Gasteiger partial charge in [-0.3, -0.25) is 14.2 Å². The molecule has 0 spiro atoms. The van der Waals surface area contributed by atoms with Gasteiger partial charge in [-0.05, 0) is 69.9 Å². The highest BCUT2D eigenvalue weighted by atomic mass is 32.1. The number of halogens is 1. The first-order valence-corrected chi connectivity index (χ1v) is 15.9. The first-order chi connectivity index (χ1) is 21.5. The van der Waals surface area contributed by atoms with Crippen LogP contribution in [0.2, 0.25) is 0 Å². The first kappa shape index (κ1) is 34.1. The van der Waals surface area contributed by atoms with Crippen LogP contribution in [0.3, 0.4) is 0 Å². The topological polar surface area (TPSA) is 130 Å². The Kier molecular flexibility index (Phi) is 11.3. The van der Waals surface area contributed by atoms with Gasteiger partial charge in [0.25, 0.3) is 5.56 Å². The van der Waals surface area contributed by atoms with Gasteiger partial charge < -0.3 is 19.9 Å². The third kappa shape index (κ3) is 7.37. The van der Waals surface area contributed by atoms with Crippen molar-refractivity contribution in [2.24, 2.45) is 0 Å². The average molecular weight is 646 g/mol. The average Bonchev–Trinajstić information content (AvgIpc) is 3.66. The zero-order valence-electron chi connectivity index (χ0n) is 26.5. The Morgan fingerprint density at radius 2 is 1.96 bits per heavy atom. The number of aliphatic hydroxyl groups excluding tert-OH is 1. The molecule has 11 nitrogen and oxygen atoms in total. The fourth-order valence-electron chi connectivity index (χ4n) is 5.61. The van der Waals surface area contributed by atoms with E-state index in [2.05, 4.69) is 15.2 Å². The van der Waals surface area contributed by atoms with E-state index in [4.69, 9.17) is 9.84 Å². The van der Waals surface area contributed by atoms with E-state index < -0.39 is 22.6 Å². The highest BCUT2D eigenvalue weighted by Gasteiger charge is 2.36. The van der Waals surface area contributed by atoms with Crippen LogP contribution in [0.5, 0.6) is 5.75 Å². The zero-order valence-corrected chi connectivity index (χ0v) is 27.3. The fourth-order valence-corrected chi connectivity index (χ4v) is 6.87. The number of methoxy groups -OCH3 is 2. The molecule has 0 bridgehead atoms. The van der Waals surface area contributed by atoms with Crippen LogP contribution in [-0.2, 0) is 28.0 Å². The summed E-state index contributed by atoms with van der Waals surface area (Å²) < 4.78 is 28.2. The van der Waals surface area contributed by atoms with Crippen molar-refractivity contribution in [2.75, 3.05) is 27.4 Å². The van der Waals surface area contributed by atoms with E-state index in [9.17, 15) is 18.8 Å². The van der Waals surface area contributed by atoms with E-state index in [1.165, 1.54) is 35.1 Å². The van der Waals surface area contributed by atoms with Crippen molar-refractivity contribution in [1.82, 2.24) is 24.2 Å². The van der Waals surface area contributed by atoms with Crippen LogP contribution in [0, 0.1) is 12.7 Å². The minimum atomic E-state index is -1.45. The van der Waals surface area contributed by atoms with Crippen LogP contribution >= 0.6 is 11.3 Å². The van der Waals surface area contributed by atoms with Crippen molar-refractivity contribution in [3.8, 4) is 10.8 Å². The van der Waals surface area contributed by atoms with Gasteiger partial charge in [0, 0.05) is 39.1 Å². The van der Waals surface area contributed by atoms with Crippen LogP contribution in [0.1, 0.15) is 58.5 Å². The second kappa shape index (κ2) is 15.0. The smallest absolute Gasteiger partial charge is 0.333 e. The van der Waals surface area contributed by atoms with Gasteiger partial charge in [-0.1, -0.05) is 30.6 Å². The number of carbonyl (C=O) groups is 1. The van der Waals surface area contributed by atoms with E-state index in [0.717, 1.165) is 36.7 Å². The summed E-state index contributed by atoms with van der Waals surface area (Å²) in [6.45, 7) is 5.75. The van der Waals surface area contributed by atoms with Crippen LogP contribution in [0.4, 0.5) is 4.39 Å². The van der Waals surface area contributed by atoms with Gasteiger partial charge in [0.15, 0.2) is 0 Å². The van der Waals surface area contributed by atoms with Gasteiger partial charge in [-0.25, -0.2) is 18.4 Å². The Hall–Kier alpha value is -3.81. The predicted molar refractivity (Wildman–Crippen MR) is 174 cm³/mol. The molecule has 45 heavy (non-hydrogen) atoms. The van der Waals surface area contributed by atoms with Crippen LogP contribution in [0.25, 0.3) is 15.2 Å². The molecule has 1 fully saturated rings. The van der Waals surface area contributed by atoms with Crippen molar-refractivity contribution < 1.29 is 25.2 Å². The summed E-state index contributed by atoms with van der Waals surface area (Å²) in [5, 5.41) is 16.4. The number of aromatic nitrogens is 4. The number of nitrogens with one attached hydrogen (secondary N) is 1. The Balaban J connectivity index is 0.000000892. The molecule has 246 valence electrons. The molecule has 0 unspecified atom stereocenters. The molecule has 1 aliphatic rings. The fraction of sp³-hybridized carbons (Fsp3) is 0.500. The maximum absolute atomic E-state index is 14.1. The summed E-state index contributed by atoms with van der Waals surface area (Å²) in [4.78, 5) is 42.2. The molecule has 1 amide bonds. The number of aryl methyl sites for hydroxylation is 3. The third-order valence-corrected chi connectivity index (χ3v) is 9.40. The maximum Gasteiger partial charge on any atom is 0.333 e. The predicted octanol–water partition coefficient (Wildman–Crippen LogP) is 4.16. The number of thiophene rings is 1. The number of aliphatic hydroxyl groups is 1. The Morgan fingerprint density at radius 1 is 1.22 bits per heavy atom. The van der Waals surface area contributed by atoms with E-state index in [-0.39, 0.29) is 32.9 Å². The largest absolute Gasteiger partial charge is 0.496 e. The molecule has 1 aromatic carbocycles. The van der Waals surface area contributed by atoms with Gasteiger partial charge in [-0.2, -0.15) is 5.10 Å². The second-order valence-electron chi connectivity index (χ2n) is 11.5. The highest BCUT2D eigenvalue weighted by Crippen LogP contribution is 2.32. The lowest BCUT2D eigenvalue weighted by atomic mass is 9.94. The van der Waals surface area contributed by atoms with Crippen LogP contribution in [-0.4, -0.2) is 63.4 Å². The van der Waals surface area contributed by atoms with Crippen molar-refractivity contribution in [1.29, 1.82) is 0 Å². The summed E-state index contributed by atoms with van der Waals surface area (Å²) >= 11 is 1.29. The van der Waals surface area contributed by atoms with Gasteiger partial charge in [0.2, 0.25) is 5.91 Å². The van der Waals surface area contributed by atoms with Crippen molar-refractivity contribution in [2.45, 2.75) is 77.4 Å². The first-order valence-electron chi connectivity index (χ1n) is 15.1. The molecule has 13 heteroatoms. The van der Waals surface area contributed by atoms with E-state index in [1.807, 2.05) is 6.92 Å². The van der Waals surface area contributed by atoms with Gasteiger partial charge in [0.1, 0.15) is 26.9 Å². The van der Waals surface area contributed by atoms with Gasteiger partial charge in [-0.15, -0.1) is 0 Å². The molecule has 0 aliphatic heterocycles. The maximum atomic E-state index is 14.1. The monoisotopic (exact) mass is 645 g/mol. The number of hydrogen-bond acceptors (Lipinski definition) is 8. The molecule has 3 aromatic heterocycles. The molecule has 5 rings (SSSR count). The molecule has 4 aromatic rings. The molecule has 1 aliphatic carbocycles. The van der Waals surface area contributed by atoms with Gasteiger partial charge in [0.05, 0.1) is 25.7 Å². The molecule has 0 atom stereocenters. The number of rotatable bonds is 10. The number of ether oxygens (including phenoxy) is 2. The normalized spacial score (nSPS) is 13.8. The Labute approximate surface area is 266 Å². The van der Waals surface area contributed by atoms with Crippen LogP contribution in [0.15, 0.2) is 46.2 Å². The SMILES string of the molecule is COCCO.COc1ccc(F)cc1CCn1c(=O)n(C(C)(C)C(=O)NC2CCCCC2)c(=O)c2c(C)c(-n3cccn3)sc21.[HH]. The summed E-state index contributed by atoms with van der Waals surface area (Å²) in [7, 11) is 3.06. The number of fused-ring (bicyclic) bond motifs is 1. The number of hydrogen-bond donors (Lipinski definition) is 2. The molecule has 0 radical (unpaired) electrons. The highest BCUT2D eigenvalue weighted by molar-refractivity contribution is 7.21. The zero-order chi connectivity index (χ0) is 32.7. The van der Waals surface area contributed by atoms with Crippen molar-refractivity contribution in [3.63, 3.8) is 0 Å². The summed E-state index contributed by atoms with van der Waals surface area (Å²) in [5.41, 5.74) is -1.29. The van der Waals surface area contributed by atoms with Crippen LogP contribution < -0.4 is 21.3 Å². The number of amides is 1.